The minimum absolute atomic E-state index is 0.0367. The number of hydrogen-bond acceptors (Lipinski definition) is 13. The standard InChI is InChI=1S/C27H36FN5O13S/c28-21-14-20(3-4-22(21)46-7-1-2-24(35)36)47(40,41)33-27-31-15-19(16-32-27)26(39)30-6-9-43-10-12-44-17-23(34)29-5-8-42-11-13-45-18-25(37)38/h3-4,14-16H,1-2,5-13,17-18H2,(H,29,34)(H,30,39)(H,35,36)(H,37,38)(H,31,32,33). The zero-order valence-corrected chi connectivity index (χ0v) is 26.0. The minimum atomic E-state index is -4.29. The van der Waals surface area contributed by atoms with Crippen LogP contribution in [0.2, 0.25) is 0 Å². The molecule has 0 saturated carbocycles. The summed E-state index contributed by atoms with van der Waals surface area (Å²) in [5.41, 5.74) is 0.0367. The zero-order valence-electron chi connectivity index (χ0n) is 25.1. The number of hydrogen-bond donors (Lipinski definition) is 5. The first-order valence-corrected chi connectivity index (χ1v) is 15.5. The van der Waals surface area contributed by atoms with Gasteiger partial charge in [0, 0.05) is 31.9 Å². The monoisotopic (exact) mass is 689 g/mol. The third kappa shape index (κ3) is 16.6. The topological polar surface area (TPSA) is 251 Å². The highest BCUT2D eigenvalue weighted by Gasteiger charge is 2.19. The fourth-order valence-corrected chi connectivity index (χ4v) is 4.23. The van der Waals surface area contributed by atoms with Crippen LogP contribution in [-0.2, 0) is 43.4 Å². The molecule has 0 aliphatic rings. The van der Waals surface area contributed by atoms with Crippen LogP contribution in [-0.4, -0.2) is 125 Å². The number of carboxylic acids is 2. The number of nitrogens with one attached hydrogen (secondary N) is 3. The highest BCUT2D eigenvalue weighted by molar-refractivity contribution is 7.92. The molecule has 0 bridgehead atoms. The van der Waals surface area contributed by atoms with E-state index in [0.717, 1.165) is 30.6 Å². The molecule has 5 N–H and O–H groups in total. The van der Waals surface area contributed by atoms with Crippen molar-refractivity contribution in [3.63, 3.8) is 0 Å². The largest absolute Gasteiger partial charge is 0.491 e. The van der Waals surface area contributed by atoms with Gasteiger partial charge in [0.2, 0.25) is 11.9 Å². The predicted octanol–water partition coefficient (Wildman–Crippen LogP) is -0.343. The van der Waals surface area contributed by atoms with Gasteiger partial charge in [-0.15, -0.1) is 0 Å². The van der Waals surface area contributed by atoms with Gasteiger partial charge in [0.15, 0.2) is 11.6 Å². The van der Waals surface area contributed by atoms with Crippen molar-refractivity contribution < 1.29 is 65.9 Å². The summed E-state index contributed by atoms with van der Waals surface area (Å²) in [6.45, 7) is 0.679. The lowest BCUT2D eigenvalue weighted by Crippen LogP contribution is -2.31. The average molecular weight is 690 g/mol. The van der Waals surface area contributed by atoms with E-state index in [1.807, 2.05) is 0 Å². The van der Waals surface area contributed by atoms with Gasteiger partial charge in [-0.05, 0) is 24.6 Å². The number of halogens is 1. The normalized spacial score (nSPS) is 11.1. The number of anilines is 1. The van der Waals surface area contributed by atoms with E-state index in [4.69, 9.17) is 33.9 Å². The Morgan fingerprint density at radius 2 is 1.40 bits per heavy atom. The van der Waals surface area contributed by atoms with E-state index in [9.17, 15) is 32.0 Å². The van der Waals surface area contributed by atoms with Crippen molar-refractivity contribution in [2.75, 3.05) is 77.3 Å². The Morgan fingerprint density at radius 1 is 0.787 bits per heavy atom. The second-order valence-corrected chi connectivity index (χ2v) is 10.9. The van der Waals surface area contributed by atoms with Crippen molar-refractivity contribution in [3.8, 4) is 5.75 Å². The van der Waals surface area contributed by atoms with Crippen LogP contribution in [0.25, 0.3) is 0 Å². The lowest BCUT2D eigenvalue weighted by molar-refractivity contribution is -0.143. The lowest BCUT2D eigenvalue weighted by atomic mass is 10.3. The summed E-state index contributed by atoms with van der Waals surface area (Å²) in [5.74, 6) is -4.55. The van der Waals surface area contributed by atoms with Gasteiger partial charge in [-0.3, -0.25) is 14.4 Å². The summed E-state index contributed by atoms with van der Waals surface area (Å²) in [6.07, 6.45) is 2.18. The van der Waals surface area contributed by atoms with E-state index >= 15 is 0 Å². The summed E-state index contributed by atoms with van der Waals surface area (Å²) < 4.78 is 67.3. The quantitative estimate of drug-likeness (QED) is 0.0836. The highest BCUT2D eigenvalue weighted by Crippen LogP contribution is 2.22. The Morgan fingerprint density at radius 3 is 2.02 bits per heavy atom. The number of carbonyl (C=O) groups is 4. The Hall–Kier alpha value is -4.50. The molecule has 2 amide bonds. The van der Waals surface area contributed by atoms with Crippen LogP contribution in [0, 0.1) is 5.82 Å². The van der Waals surface area contributed by atoms with E-state index in [1.54, 1.807) is 0 Å². The molecule has 2 rings (SSSR count). The maximum atomic E-state index is 14.3. The van der Waals surface area contributed by atoms with Crippen LogP contribution in [0.4, 0.5) is 10.3 Å². The number of nitrogens with zero attached hydrogens (tertiary/aromatic N) is 2. The summed E-state index contributed by atoms with van der Waals surface area (Å²) >= 11 is 0. The number of carbonyl (C=O) groups excluding carboxylic acids is 2. The number of amides is 2. The Bertz CT molecular complexity index is 1410. The van der Waals surface area contributed by atoms with Crippen LogP contribution < -0.4 is 20.1 Å². The van der Waals surface area contributed by atoms with Gasteiger partial charge in [-0.25, -0.2) is 32.3 Å². The molecular formula is C27H36FN5O13S. The van der Waals surface area contributed by atoms with Crippen molar-refractivity contribution >= 4 is 39.7 Å². The smallest absolute Gasteiger partial charge is 0.329 e. The molecule has 0 fully saturated rings. The van der Waals surface area contributed by atoms with Gasteiger partial charge in [0.1, 0.15) is 13.2 Å². The second kappa shape index (κ2) is 21.3. The van der Waals surface area contributed by atoms with Crippen LogP contribution in [0.3, 0.4) is 0 Å². The first-order chi connectivity index (χ1) is 22.5. The molecule has 1 aromatic carbocycles. The number of ether oxygens (including phenoxy) is 5. The van der Waals surface area contributed by atoms with Gasteiger partial charge in [-0.2, -0.15) is 0 Å². The van der Waals surface area contributed by atoms with E-state index < -0.39 is 45.2 Å². The summed E-state index contributed by atoms with van der Waals surface area (Å²) in [6, 6.07) is 2.93. The predicted molar refractivity (Wildman–Crippen MR) is 158 cm³/mol. The van der Waals surface area contributed by atoms with Crippen LogP contribution in [0.1, 0.15) is 23.2 Å². The van der Waals surface area contributed by atoms with Crippen molar-refractivity contribution in [3.05, 3.63) is 42.0 Å². The molecule has 0 atom stereocenters. The molecule has 0 saturated heterocycles. The Kier molecular flexibility index (Phi) is 17.5. The fourth-order valence-electron chi connectivity index (χ4n) is 3.27. The molecule has 20 heteroatoms. The highest BCUT2D eigenvalue weighted by atomic mass is 32.2. The number of sulfonamides is 1. The third-order valence-electron chi connectivity index (χ3n) is 5.45. The number of benzene rings is 1. The average Bonchev–Trinajstić information content (AvgIpc) is 3.02. The number of aliphatic carboxylic acids is 2. The molecule has 0 aliphatic carbocycles. The summed E-state index contributed by atoms with van der Waals surface area (Å²) in [4.78, 5) is 52.0. The second-order valence-electron chi connectivity index (χ2n) is 9.17. The molecule has 0 unspecified atom stereocenters. The molecule has 1 heterocycles. The van der Waals surface area contributed by atoms with Gasteiger partial charge >= 0.3 is 11.9 Å². The summed E-state index contributed by atoms with van der Waals surface area (Å²) in [5, 5.41) is 22.2. The maximum absolute atomic E-state index is 14.3. The van der Waals surface area contributed by atoms with Gasteiger partial charge in [0.05, 0.1) is 56.7 Å². The van der Waals surface area contributed by atoms with Gasteiger partial charge in [-0.1, -0.05) is 0 Å². The van der Waals surface area contributed by atoms with Crippen molar-refractivity contribution in [2.45, 2.75) is 17.7 Å². The molecular weight excluding hydrogens is 653 g/mol. The number of aromatic nitrogens is 2. The molecule has 0 spiro atoms. The molecule has 260 valence electrons. The third-order valence-corrected chi connectivity index (χ3v) is 6.77. The SMILES string of the molecule is O=C(O)CCCOc1ccc(S(=O)(=O)Nc2ncc(C(=O)NCCOCCOCC(=O)NCCOCCOCC(=O)O)cn2)cc1F. The zero-order chi connectivity index (χ0) is 34.5. The number of rotatable bonds is 25. The first kappa shape index (κ1) is 38.7. The molecule has 47 heavy (non-hydrogen) atoms. The number of carboxylic acid groups (broad SMARTS) is 2. The van der Waals surface area contributed by atoms with Crippen molar-refractivity contribution in [1.29, 1.82) is 0 Å². The molecule has 18 nitrogen and oxygen atoms in total. The van der Waals surface area contributed by atoms with E-state index in [-0.39, 0.29) is 102 Å². The molecule has 2 aromatic rings. The first-order valence-electron chi connectivity index (χ1n) is 14.0. The van der Waals surface area contributed by atoms with Gasteiger partial charge in [0.25, 0.3) is 15.9 Å². The van der Waals surface area contributed by atoms with Crippen molar-refractivity contribution in [1.82, 2.24) is 20.6 Å². The molecule has 0 aliphatic heterocycles. The fraction of sp³-hybridized carbons (Fsp3) is 0.481. The maximum Gasteiger partial charge on any atom is 0.329 e. The van der Waals surface area contributed by atoms with E-state index in [2.05, 4.69) is 25.3 Å². The lowest BCUT2D eigenvalue weighted by Gasteiger charge is -2.10. The minimum Gasteiger partial charge on any atom is -0.491 e. The Labute approximate surface area is 269 Å². The molecule has 1 aromatic heterocycles. The van der Waals surface area contributed by atoms with Crippen LogP contribution in [0.5, 0.6) is 5.75 Å². The van der Waals surface area contributed by atoms with Gasteiger partial charge < -0.3 is 44.5 Å². The molecule has 0 radical (unpaired) electrons. The van der Waals surface area contributed by atoms with Crippen molar-refractivity contribution in [2.24, 2.45) is 0 Å². The van der Waals surface area contributed by atoms with Crippen LogP contribution >= 0.6 is 0 Å². The van der Waals surface area contributed by atoms with E-state index in [0.29, 0.717) is 0 Å². The van der Waals surface area contributed by atoms with E-state index in [1.165, 1.54) is 0 Å². The Balaban J connectivity index is 1.59. The summed E-state index contributed by atoms with van der Waals surface area (Å²) in [7, 11) is -4.29. The van der Waals surface area contributed by atoms with Crippen LogP contribution in [0.15, 0.2) is 35.5 Å².